The zero-order valence-electron chi connectivity index (χ0n) is 11.8. The number of carbonyl (C=O) groups is 1. The molecule has 0 atom stereocenters. The van der Waals surface area contributed by atoms with Crippen molar-refractivity contribution in [3.05, 3.63) is 81.6 Å². The Bertz CT molecular complexity index is 950. The molecule has 2 aromatic carbocycles. The van der Waals surface area contributed by atoms with E-state index in [9.17, 15) is 18.4 Å². The van der Waals surface area contributed by atoms with Crippen LogP contribution in [-0.2, 0) is 11.3 Å². The summed E-state index contributed by atoms with van der Waals surface area (Å²) in [6, 6.07) is 11.2. The van der Waals surface area contributed by atoms with Gasteiger partial charge in [-0.05, 0) is 35.7 Å². The van der Waals surface area contributed by atoms with E-state index in [1.165, 1.54) is 0 Å². The first-order valence-corrected chi connectivity index (χ1v) is 6.78. The largest absolute Gasteiger partial charge is 0.457 e. The molecule has 1 N–H and O–H groups in total. The Balaban J connectivity index is 1.83. The van der Waals surface area contributed by atoms with E-state index in [0.29, 0.717) is 5.52 Å². The third kappa shape index (κ3) is 3.11. The minimum Gasteiger partial charge on any atom is -0.457 e. The van der Waals surface area contributed by atoms with Crippen molar-refractivity contribution in [2.45, 2.75) is 6.61 Å². The molecule has 0 radical (unpaired) electrons. The summed E-state index contributed by atoms with van der Waals surface area (Å²) in [6.45, 7) is -0.338. The van der Waals surface area contributed by atoms with E-state index in [2.05, 4.69) is 4.98 Å². The summed E-state index contributed by atoms with van der Waals surface area (Å²) in [5, 5.41) is 0.773. The quantitative estimate of drug-likeness (QED) is 0.755. The van der Waals surface area contributed by atoms with Gasteiger partial charge in [-0.15, -0.1) is 0 Å². The third-order valence-corrected chi connectivity index (χ3v) is 3.34. The van der Waals surface area contributed by atoms with E-state index in [1.807, 2.05) is 0 Å². The van der Waals surface area contributed by atoms with Crippen LogP contribution in [0, 0.1) is 11.6 Å². The smallest absolute Gasteiger partial charge is 0.341 e. The Morgan fingerprint density at radius 1 is 1.09 bits per heavy atom. The molecule has 0 saturated heterocycles. The molecular formula is C17H11F2NO3. The Morgan fingerprint density at radius 3 is 2.70 bits per heavy atom. The van der Waals surface area contributed by atoms with Crippen LogP contribution >= 0.6 is 0 Å². The number of aromatic nitrogens is 1. The number of ether oxygens (including phenoxy) is 1. The highest BCUT2D eigenvalue weighted by Crippen LogP contribution is 2.13. The number of carbonyl (C=O) groups excluding carboxylic acids is 1. The monoisotopic (exact) mass is 315 g/mol. The van der Waals surface area contributed by atoms with Crippen LogP contribution in [0.4, 0.5) is 8.78 Å². The average molecular weight is 315 g/mol. The van der Waals surface area contributed by atoms with E-state index in [-0.39, 0.29) is 12.2 Å². The maximum absolute atomic E-state index is 13.5. The number of aromatic amines is 1. The first-order chi connectivity index (χ1) is 11.0. The molecule has 0 aliphatic rings. The van der Waals surface area contributed by atoms with Crippen molar-refractivity contribution in [2.24, 2.45) is 0 Å². The van der Waals surface area contributed by atoms with Crippen LogP contribution in [0.2, 0.25) is 0 Å². The maximum Gasteiger partial charge on any atom is 0.341 e. The van der Waals surface area contributed by atoms with E-state index in [1.54, 1.807) is 30.3 Å². The number of hydrogen-bond donors (Lipinski definition) is 1. The second-order valence-electron chi connectivity index (χ2n) is 4.91. The van der Waals surface area contributed by atoms with Gasteiger partial charge in [0.25, 0.3) is 5.56 Å². The normalized spacial score (nSPS) is 10.7. The van der Waals surface area contributed by atoms with Crippen LogP contribution in [0.3, 0.4) is 0 Å². The molecule has 23 heavy (non-hydrogen) atoms. The number of benzene rings is 2. The maximum atomic E-state index is 13.5. The highest BCUT2D eigenvalue weighted by molar-refractivity contribution is 5.89. The second-order valence-corrected chi connectivity index (χ2v) is 4.91. The summed E-state index contributed by atoms with van der Waals surface area (Å²) in [7, 11) is 0. The highest BCUT2D eigenvalue weighted by Gasteiger charge is 2.15. The molecule has 0 fully saturated rings. The standard InChI is InChI=1S/C17H11F2NO3/c18-12-5-6-14(19)13(8-12)17(22)23-9-11-7-10-3-1-2-4-15(10)20-16(11)21/h1-8H,9H2,(H,20,21). The molecule has 0 saturated carbocycles. The zero-order chi connectivity index (χ0) is 16.4. The van der Waals surface area contributed by atoms with Crippen molar-refractivity contribution in [1.29, 1.82) is 0 Å². The van der Waals surface area contributed by atoms with Crippen LogP contribution in [0.5, 0.6) is 0 Å². The Labute approximate surface area is 129 Å². The molecule has 1 aromatic heterocycles. The van der Waals surface area contributed by atoms with Crippen molar-refractivity contribution >= 4 is 16.9 Å². The van der Waals surface area contributed by atoms with Crippen LogP contribution in [-0.4, -0.2) is 11.0 Å². The van der Waals surface area contributed by atoms with Gasteiger partial charge in [0.15, 0.2) is 0 Å². The fourth-order valence-electron chi connectivity index (χ4n) is 2.17. The third-order valence-electron chi connectivity index (χ3n) is 3.34. The predicted octanol–water partition coefficient (Wildman–Crippen LogP) is 3.16. The fourth-order valence-corrected chi connectivity index (χ4v) is 2.17. The lowest BCUT2D eigenvalue weighted by atomic mass is 10.1. The van der Waals surface area contributed by atoms with Crippen LogP contribution < -0.4 is 5.56 Å². The molecule has 0 aliphatic carbocycles. The van der Waals surface area contributed by atoms with Gasteiger partial charge in [-0.1, -0.05) is 18.2 Å². The van der Waals surface area contributed by atoms with Gasteiger partial charge >= 0.3 is 5.97 Å². The van der Waals surface area contributed by atoms with E-state index in [0.717, 1.165) is 23.6 Å². The van der Waals surface area contributed by atoms with Gasteiger partial charge in [0, 0.05) is 5.52 Å². The number of rotatable bonds is 3. The van der Waals surface area contributed by atoms with Crippen molar-refractivity contribution < 1.29 is 18.3 Å². The molecular weight excluding hydrogens is 304 g/mol. The van der Waals surface area contributed by atoms with Crippen molar-refractivity contribution in [1.82, 2.24) is 4.98 Å². The van der Waals surface area contributed by atoms with Crippen molar-refractivity contribution in [3.8, 4) is 0 Å². The number of fused-ring (bicyclic) bond motifs is 1. The summed E-state index contributed by atoms with van der Waals surface area (Å²) >= 11 is 0. The van der Waals surface area contributed by atoms with Crippen molar-refractivity contribution in [2.75, 3.05) is 0 Å². The van der Waals surface area contributed by atoms with Gasteiger partial charge in [-0.3, -0.25) is 4.79 Å². The minimum absolute atomic E-state index is 0.217. The molecule has 0 amide bonds. The molecule has 0 aliphatic heterocycles. The molecule has 0 unspecified atom stereocenters. The lowest BCUT2D eigenvalue weighted by Gasteiger charge is -2.06. The summed E-state index contributed by atoms with van der Waals surface area (Å²) in [5.41, 5.74) is -0.0453. The molecule has 0 spiro atoms. The average Bonchev–Trinajstić information content (AvgIpc) is 2.54. The van der Waals surface area contributed by atoms with Gasteiger partial charge in [0.1, 0.15) is 18.2 Å². The van der Waals surface area contributed by atoms with E-state index in [4.69, 9.17) is 4.74 Å². The fraction of sp³-hybridized carbons (Fsp3) is 0.0588. The zero-order valence-corrected chi connectivity index (χ0v) is 11.8. The van der Waals surface area contributed by atoms with E-state index < -0.39 is 28.7 Å². The molecule has 1 heterocycles. The van der Waals surface area contributed by atoms with Gasteiger partial charge in [0.05, 0.1) is 11.1 Å². The SMILES string of the molecule is O=C(OCc1cc2ccccc2[nH]c1=O)c1cc(F)ccc1F. The summed E-state index contributed by atoms with van der Waals surface area (Å²) in [6.07, 6.45) is 0. The molecule has 4 nitrogen and oxygen atoms in total. The summed E-state index contributed by atoms with van der Waals surface area (Å²) in [4.78, 5) is 26.4. The highest BCUT2D eigenvalue weighted by atomic mass is 19.1. The van der Waals surface area contributed by atoms with Gasteiger partial charge < -0.3 is 9.72 Å². The molecule has 3 rings (SSSR count). The van der Waals surface area contributed by atoms with E-state index >= 15 is 0 Å². The number of para-hydroxylation sites is 1. The Kier molecular flexibility index (Phi) is 3.89. The molecule has 6 heteroatoms. The summed E-state index contributed by atoms with van der Waals surface area (Å²) < 4.78 is 31.5. The Morgan fingerprint density at radius 2 is 1.87 bits per heavy atom. The van der Waals surface area contributed by atoms with Crippen LogP contribution in [0.25, 0.3) is 10.9 Å². The lowest BCUT2D eigenvalue weighted by molar-refractivity contribution is 0.0465. The van der Waals surface area contributed by atoms with Crippen LogP contribution in [0.15, 0.2) is 53.3 Å². The molecule has 3 aromatic rings. The number of halogens is 2. The van der Waals surface area contributed by atoms with Gasteiger partial charge in [-0.2, -0.15) is 0 Å². The molecule has 0 bridgehead atoms. The van der Waals surface area contributed by atoms with Gasteiger partial charge in [-0.25, -0.2) is 13.6 Å². The number of pyridine rings is 1. The number of hydrogen-bond acceptors (Lipinski definition) is 3. The minimum atomic E-state index is -1.03. The Hall–Kier alpha value is -3.02. The summed E-state index contributed by atoms with van der Waals surface area (Å²) in [5.74, 6) is -2.67. The molecule has 116 valence electrons. The lowest BCUT2D eigenvalue weighted by Crippen LogP contribution is -2.16. The first kappa shape index (κ1) is 14.9. The van der Waals surface area contributed by atoms with Gasteiger partial charge in [0.2, 0.25) is 0 Å². The second kappa shape index (κ2) is 6.00. The van der Waals surface area contributed by atoms with Crippen molar-refractivity contribution in [3.63, 3.8) is 0 Å². The topological polar surface area (TPSA) is 59.2 Å². The number of esters is 1. The number of H-pyrrole nitrogens is 1. The van der Waals surface area contributed by atoms with Crippen LogP contribution in [0.1, 0.15) is 15.9 Å². The number of nitrogens with one attached hydrogen (secondary N) is 1. The predicted molar refractivity (Wildman–Crippen MR) is 80.0 cm³/mol. The first-order valence-electron chi connectivity index (χ1n) is 6.78.